The highest BCUT2D eigenvalue weighted by Crippen LogP contribution is 2.18. The maximum atomic E-state index is 13.5. The van der Waals surface area contributed by atoms with E-state index < -0.39 is 158 Å². The summed E-state index contributed by atoms with van der Waals surface area (Å²) in [5, 5.41) is 79.9. The normalized spacial score (nSPS) is 19.4. The molecule has 0 aromatic carbocycles. The van der Waals surface area contributed by atoms with Crippen molar-refractivity contribution in [3.8, 4) is 0 Å². The maximum absolute atomic E-state index is 13.5. The predicted octanol–water partition coefficient (Wildman–Crippen LogP) is -7.78. The van der Waals surface area contributed by atoms with Crippen molar-refractivity contribution in [1.29, 1.82) is 0 Å². The lowest BCUT2D eigenvalue weighted by Crippen LogP contribution is -2.63. The van der Waals surface area contributed by atoms with E-state index in [1.165, 1.54) is 0 Å². The summed E-state index contributed by atoms with van der Waals surface area (Å²) in [5.41, 5.74) is 0. The van der Waals surface area contributed by atoms with Gasteiger partial charge >= 0.3 is 11.9 Å². The maximum Gasteiger partial charge on any atom is 0.326 e. The molecule has 2 heterocycles. The molecule has 366 valence electrons. The zero-order valence-electron chi connectivity index (χ0n) is 36.5. The summed E-state index contributed by atoms with van der Waals surface area (Å²) in [5.74, 6) is -12.2. The van der Waals surface area contributed by atoms with Crippen molar-refractivity contribution in [2.45, 2.75) is 127 Å². The largest absolute Gasteiger partial charge is 0.481 e. The quantitative estimate of drug-likeness (QED) is 0.0383. The molecule has 15 N–H and O–H groups in total. The molecule has 2 aliphatic rings. The monoisotopic (exact) mass is 930 g/mol. The van der Waals surface area contributed by atoms with Crippen molar-refractivity contribution >= 4 is 65.1 Å². The topological polar surface area (TPSA) is 421 Å². The third-order valence-corrected chi connectivity index (χ3v) is 10.2. The van der Waals surface area contributed by atoms with Crippen molar-refractivity contribution in [2.24, 2.45) is 5.92 Å². The van der Waals surface area contributed by atoms with Crippen LogP contribution in [0.5, 0.6) is 0 Å². The Labute approximate surface area is 372 Å². The first kappa shape index (κ1) is 55.1. The van der Waals surface area contributed by atoms with Gasteiger partial charge in [0.05, 0.1) is 51.0 Å². The Balaban J connectivity index is 2.07. The molecule has 0 saturated carbocycles. The van der Waals surface area contributed by atoms with Crippen LogP contribution in [-0.4, -0.2) is 201 Å². The van der Waals surface area contributed by atoms with Gasteiger partial charge in [0.25, 0.3) is 0 Å². The van der Waals surface area contributed by atoms with E-state index in [0.29, 0.717) is 19.4 Å². The lowest BCUT2D eigenvalue weighted by molar-refractivity contribution is -0.149. The average molecular weight is 931 g/mol. The Morgan fingerprint density at radius 3 is 1.66 bits per heavy atom. The first-order chi connectivity index (χ1) is 30.5. The lowest BCUT2D eigenvalue weighted by Gasteiger charge is -2.28. The zero-order valence-corrected chi connectivity index (χ0v) is 36.5. The second-order valence-corrected chi connectivity index (χ2v) is 16.0. The van der Waals surface area contributed by atoms with Crippen molar-refractivity contribution in [1.82, 2.24) is 52.8 Å². The van der Waals surface area contributed by atoms with E-state index in [1.54, 1.807) is 13.8 Å². The molecule has 0 aliphatic carbocycles. The summed E-state index contributed by atoms with van der Waals surface area (Å²) in [4.78, 5) is 141. The van der Waals surface area contributed by atoms with E-state index in [4.69, 9.17) is 0 Å². The number of aliphatic hydroxyl groups is 4. The van der Waals surface area contributed by atoms with Gasteiger partial charge in [-0.25, -0.2) is 4.79 Å². The van der Waals surface area contributed by atoms with Crippen LogP contribution in [0, 0.1) is 5.92 Å². The first-order valence-corrected chi connectivity index (χ1v) is 20.9. The van der Waals surface area contributed by atoms with Gasteiger partial charge < -0.3 is 83.4 Å². The summed E-state index contributed by atoms with van der Waals surface area (Å²) in [6.07, 6.45) is -2.57. The van der Waals surface area contributed by atoms with Crippen LogP contribution in [0.15, 0.2) is 0 Å². The number of amides is 9. The second-order valence-electron chi connectivity index (χ2n) is 16.0. The van der Waals surface area contributed by atoms with E-state index in [-0.39, 0.29) is 25.3 Å². The smallest absolute Gasteiger partial charge is 0.326 e. The van der Waals surface area contributed by atoms with Crippen LogP contribution in [0.1, 0.15) is 66.2 Å². The molecule has 2 rings (SSSR count). The van der Waals surface area contributed by atoms with Gasteiger partial charge in [-0.3, -0.25) is 47.9 Å². The SMILES string of the molecule is CC(C)C[C@H](NC(=O)[C@H](CC(=O)O)NC(=O)CNC(=O)[C@@H]1CCCN1)C(=O)N[C@@H](CO)C(=O)N[C@H](C(=O)N[C@H](C(=O)NCC(=O)N[C@@H](CO)C(=O)N1CCC[C@H]1C(=O)O)[C@@H](C)O)[C@@H](C)O. The molecule has 9 amide bonds. The number of hydrogen-bond acceptors (Lipinski definition) is 16. The Bertz CT molecular complexity index is 1740. The van der Waals surface area contributed by atoms with Gasteiger partial charge in [0.1, 0.15) is 42.3 Å². The molecule has 0 aromatic rings. The van der Waals surface area contributed by atoms with Crippen LogP contribution in [-0.2, 0) is 52.7 Å². The summed E-state index contributed by atoms with van der Waals surface area (Å²) < 4.78 is 0. The van der Waals surface area contributed by atoms with Crippen molar-refractivity contribution in [2.75, 3.05) is 39.4 Å². The van der Waals surface area contributed by atoms with Crippen LogP contribution in [0.3, 0.4) is 0 Å². The van der Waals surface area contributed by atoms with Gasteiger partial charge in [-0.1, -0.05) is 13.8 Å². The van der Waals surface area contributed by atoms with E-state index in [9.17, 15) is 83.4 Å². The fraction of sp³-hybridized carbons (Fsp3) is 0.711. The Morgan fingerprint density at radius 2 is 1.14 bits per heavy atom. The van der Waals surface area contributed by atoms with Crippen molar-refractivity contribution in [3.63, 3.8) is 0 Å². The van der Waals surface area contributed by atoms with E-state index in [0.717, 1.165) is 25.2 Å². The number of carboxylic acid groups (broad SMARTS) is 2. The minimum absolute atomic E-state index is 0.0708. The number of aliphatic hydroxyl groups excluding tert-OH is 4. The van der Waals surface area contributed by atoms with Crippen LogP contribution < -0.4 is 47.9 Å². The third-order valence-electron chi connectivity index (χ3n) is 10.2. The molecule has 0 bridgehead atoms. The second kappa shape index (κ2) is 26.7. The predicted molar refractivity (Wildman–Crippen MR) is 220 cm³/mol. The number of rotatable bonds is 26. The standard InChI is InChI=1S/C38H62N10O17/c1-17(2)11-21(44-33(59)22(12-28(55)56)42-26(53)13-40-31(57)20-7-5-9-39-20)32(58)45-23(15-49)34(60)46-30(19(4)52)36(62)47-29(18(3)51)35(61)41-14-27(54)43-24(16-50)37(63)48-10-6-8-25(48)38(64)65/h17-25,29-30,39,49-52H,5-16H2,1-4H3,(H,40,57)(H,41,61)(H,42,53)(H,43,54)(H,44,59)(H,45,58)(H,46,60)(H,47,62)(H,55,56)(H,64,65)/t18-,19-,20+,21+,22+,23+,24+,25+,29+,30+/m1/s1. The molecular weight excluding hydrogens is 868 g/mol. The highest BCUT2D eigenvalue weighted by atomic mass is 16.4. The van der Waals surface area contributed by atoms with Crippen LogP contribution >= 0.6 is 0 Å². The Kier molecular flexibility index (Phi) is 22.6. The minimum Gasteiger partial charge on any atom is -0.481 e. The molecule has 27 heteroatoms. The Hall–Kier alpha value is -6.03. The fourth-order valence-corrected chi connectivity index (χ4v) is 6.77. The Morgan fingerprint density at radius 1 is 0.615 bits per heavy atom. The third kappa shape index (κ3) is 17.8. The minimum atomic E-state index is -1.91. The molecule has 0 spiro atoms. The molecule has 0 unspecified atom stereocenters. The van der Waals surface area contributed by atoms with E-state index in [1.807, 2.05) is 0 Å². The first-order valence-electron chi connectivity index (χ1n) is 20.9. The molecule has 10 atom stereocenters. The van der Waals surface area contributed by atoms with Gasteiger partial charge in [-0.15, -0.1) is 0 Å². The average Bonchev–Trinajstić information content (AvgIpc) is 3.96. The van der Waals surface area contributed by atoms with Crippen molar-refractivity contribution in [3.05, 3.63) is 0 Å². The molecule has 2 fully saturated rings. The van der Waals surface area contributed by atoms with E-state index >= 15 is 0 Å². The van der Waals surface area contributed by atoms with Gasteiger partial charge in [-0.2, -0.15) is 0 Å². The number of aliphatic carboxylic acids is 2. The number of carboxylic acids is 2. The number of nitrogens with zero attached hydrogens (tertiary/aromatic N) is 1. The van der Waals surface area contributed by atoms with Gasteiger partial charge in [-0.05, 0) is 58.4 Å². The molecule has 0 aromatic heterocycles. The molecule has 2 saturated heterocycles. The zero-order chi connectivity index (χ0) is 49.1. The highest BCUT2D eigenvalue weighted by molar-refractivity contribution is 5.98. The number of likely N-dealkylation sites (tertiary alicyclic amines) is 1. The number of hydrogen-bond donors (Lipinski definition) is 15. The molecular formula is C38H62N10O17. The van der Waals surface area contributed by atoms with Gasteiger partial charge in [0.2, 0.25) is 53.2 Å². The summed E-state index contributed by atoms with van der Waals surface area (Å²) >= 11 is 0. The molecule has 27 nitrogen and oxygen atoms in total. The number of carbonyl (C=O) groups is 11. The highest BCUT2D eigenvalue weighted by Gasteiger charge is 2.39. The summed E-state index contributed by atoms with van der Waals surface area (Å²) in [7, 11) is 0. The molecule has 2 aliphatic heterocycles. The lowest BCUT2D eigenvalue weighted by atomic mass is 10.0. The summed E-state index contributed by atoms with van der Waals surface area (Å²) in [6, 6.07) is -12.0. The number of nitrogens with one attached hydrogen (secondary N) is 9. The van der Waals surface area contributed by atoms with Crippen LogP contribution in [0.2, 0.25) is 0 Å². The summed E-state index contributed by atoms with van der Waals surface area (Å²) in [6.45, 7) is 2.68. The van der Waals surface area contributed by atoms with Gasteiger partial charge in [0, 0.05) is 6.54 Å². The van der Waals surface area contributed by atoms with Crippen LogP contribution in [0.25, 0.3) is 0 Å². The van der Waals surface area contributed by atoms with Crippen molar-refractivity contribution < 1.29 is 83.4 Å². The van der Waals surface area contributed by atoms with Crippen LogP contribution in [0.4, 0.5) is 0 Å². The molecule has 65 heavy (non-hydrogen) atoms. The van der Waals surface area contributed by atoms with Gasteiger partial charge in [0.15, 0.2) is 0 Å². The van der Waals surface area contributed by atoms with E-state index in [2.05, 4.69) is 47.9 Å². The number of carbonyl (C=O) groups excluding carboxylic acids is 9. The fourth-order valence-electron chi connectivity index (χ4n) is 6.77. The molecule has 0 radical (unpaired) electrons.